The fourth-order valence-electron chi connectivity index (χ4n) is 3.12. The van der Waals surface area contributed by atoms with Crippen molar-refractivity contribution in [3.8, 4) is 0 Å². The first-order chi connectivity index (χ1) is 9.30. The summed E-state index contributed by atoms with van der Waals surface area (Å²) in [5.74, 6) is 0.662. The molecule has 1 aliphatic carbocycles. The van der Waals surface area contributed by atoms with Crippen LogP contribution in [0.3, 0.4) is 0 Å². The van der Waals surface area contributed by atoms with Gasteiger partial charge in [-0.2, -0.15) is 0 Å². The molecule has 20 heavy (non-hydrogen) atoms. The highest BCUT2D eigenvalue weighted by Crippen LogP contribution is 2.33. The molecule has 0 radical (unpaired) electrons. The Morgan fingerprint density at radius 3 is 2.70 bits per heavy atom. The van der Waals surface area contributed by atoms with Gasteiger partial charge in [-0.15, -0.1) is 0 Å². The first-order valence-electron chi connectivity index (χ1n) is 6.87. The Morgan fingerprint density at radius 1 is 1.50 bits per heavy atom. The van der Waals surface area contributed by atoms with Gasteiger partial charge in [-0.3, -0.25) is 0 Å². The third-order valence-electron chi connectivity index (χ3n) is 3.98. The van der Waals surface area contributed by atoms with Crippen LogP contribution in [0.1, 0.15) is 44.1 Å². The number of rotatable bonds is 4. The summed E-state index contributed by atoms with van der Waals surface area (Å²) in [6.07, 6.45) is 3.27. The van der Waals surface area contributed by atoms with Crippen molar-refractivity contribution in [2.24, 2.45) is 5.92 Å². The summed E-state index contributed by atoms with van der Waals surface area (Å²) in [6, 6.07) is 0. The molecule has 0 amide bonds. The Hall–Kier alpha value is -0.920. The van der Waals surface area contributed by atoms with Gasteiger partial charge in [-0.25, -0.2) is 13.1 Å². The molecular weight excluding hydrogens is 280 g/mol. The SMILES string of the molecule is Cc1noc(C)c1S(=O)(=O)NC1(CO)CCCC(C)C1. The van der Waals surface area contributed by atoms with E-state index in [0.717, 1.165) is 12.8 Å². The Bertz CT molecular complexity index is 562. The van der Waals surface area contributed by atoms with Gasteiger partial charge in [0.15, 0.2) is 5.76 Å². The molecule has 2 rings (SSSR count). The lowest BCUT2D eigenvalue weighted by Crippen LogP contribution is -2.53. The topological polar surface area (TPSA) is 92.4 Å². The lowest BCUT2D eigenvalue weighted by atomic mass is 9.78. The van der Waals surface area contributed by atoms with E-state index in [4.69, 9.17) is 4.52 Å². The van der Waals surface area contributed by atoms with Crippen LogP contribution in [0, 0.1) is 19.8 Å². The number of hydrogen-bond donors (Lipinski definition) is 2. The quantitative estimate of drug-likeness (QED) is 0.879. The number of nitrogens with one attached hydrogen (secondary N) is 1. The maximum atomic E-state index is 12.6. The van der Waals surface area contributed by atoms with Gasteiger partial charge in [0, 0.05) is 0 Å². The first-order valence-corrected chi connectivity index (χ1v) is 8.36. The van der Waals surface area contributed by atoms with Crippen molar-refractivity contribution in [1.29, 1.82) is 0 Å². The van der Waals surface area contributed by atoms with Crippen molar-refractivity contribution in [3.63, 3.8) is 0 Å². The summed E-state index contributed by atoms with van der Waals surface area (Å²) in [6.45, 7) is 5.05. The highest BCUT2D eigenvalue weighted by atomic mass is 32.2. The van der Waals surface area contributed by atoms with Gasteiger partial charge >= 0.3 is 0 Å². The van der Waals surface area contributed by atoms with Crippen LogP contribution in [0.15, 0.2) is 9.42 Å². The van der Waals surface area contributed by atoms with Crippen LogP contribution in [0.25, 0.3) is 0 Å². The Kier molecular flexibility index (Phi) is 4.22. The van der Waals surface area contributed by atoms with Crippen LogP contribution < -0.4 is 4.72 Å². The van der Waals surface area contributed by atoms with Crippen molar-refractivity contribution in [3.05, 3.63) is 11.5 Å². The molecule has 0 aliphatic heterocycles. The molecule has 1 aliphatic rings. The largest absolute Gasteiger partial charge is 0.394 e. The van der Waals surface area contributed by atoms with Gasteiger partial charge in [-0.1, -0.05) is 24.9 Å². The van der Waals surface area contributed by atoms with Crippen LogP contribution in [0.2, 0.25) is 0 Å². The minimum absolute atomic E-state index is 0.0866. The molecule has 6 nitrogen and oxygen atoms in total. The van der Waals surface area contributed by atoms with Crippen molar-refractivity contribution in [2.75, 3.05) is 6.61 Å². The predicted octanol–water partition coefficient (Wildman–Crippen LogP) is 1.51. The maximum Gasteiger partial charge on any atom is 0.246 e. The van der Waals surface area contributed by atoms with Crippen LogP contribution in [-0.4, -0.2) is 30.8 Å². The molecule has 1 fully saturated rings. The fourth-order valence-corrected chi connectivity index (χ4v) is 4.89. The molecule has 1 aromatic heterocycles. The zero-order chi connectivity index (χ0) is 15.0. The highest BCUT2D eigenvalue weighted by Gasteiger charge is 2.39. The molecule has 1 saturated carbocycles. The molecule has 1 heterocycles. The van der Waals surface area contributed by atoms with Crippen molar-refractivity contribution in [2.45, 2.75) is 56.9 Å². The average Bonchev–Trinajstić information content (AvgIpc) is 2.69. The molecule has 2 atom stereocenters. The fraction of sp³-hybridized carbons (Fsp3) is 0.769. The third-order valence-corrected chi connectivity index (χ3v) is 5.80. The summed E-state index contributed by atoms with van der Waals surface area (Å²) < 4.78 is 32.7. The summed E-state index contributed by atoms with van der Waals surface area (Å²) >= 11 is 0. The number of aliphatic hydroxyl groups is 1. The number of nitrogens with zero attached hydrogens (tertiary/aromatic N) is 1. The monoisotopic (exact) mass is 302 g/mol. The molecule has 0 saturated heterocycles. The smallest absolute Gasteiger partial charge is 0.246 e. The first kappa shape index (κ1) is 15.5. The minimum Gasteiger partial charge on any atom is -0.394 e. The van der Waals surface area contributed by atoms with E-state index >= 15 is 0 Å². The van der Waals surface area contributed by atoms with Crippen LogP contribution in [-0.2, 0) is 10.0 Å². The second kappa shape index (κ2) is 5.46. The lowest BCUT2D eigenvalue weighted by Gasteiger charge is -2.38. The minimum atomic E-state index is -3.74. The summed E-state index contributed by atoms with van der Waals surface area (Å²) in [4.78, 5) is 0.0866. The Balaban J connectivity index is 2.31. The maximum absolute atomic E-state index is 12.6. The summed E-state index contributed by atoms with van der Waals surface area (Å²) in [7, 11) is -3.74. The summed E-state index contributed by atoms with van der Waals surface area (Å²) in [5.41, 5.74) is -0.431. The van der Waals surface area contributed by atoms with Crippen molar-refractivity contribution >= 4 is 10.0 Å². The van der Waals surface area contributed by atoms with E-state index in [2.05, 4.69) is 16.8 Å². The van der Waals surface area contributed by atoms with E-state index in [0.29, 0.717) is 24.5 Å². The molecule has 2 unspecified atom stereocenters. The second-order valence-corrected chi connectivity index (χ2v) is 7.52. The van der Waals surface area contributed by atoms with Crippen molar-refractivity contribution < 1.29 is 18.0 Å². The van der Waals surface area contributed by atoms with Gasteiger partial charge in [0.1, 0.15) is 10.6 Å². The van der Waals surface area contributed by atoms with Crippen molar-refractivity contribution in [1.82, 2.24) is 9.88 Å². The van der Waals surface area contributed by atoms with Gasteiger partial charge in [0.2, 0.25) is 10.0 Å². The zero-order valence-corrected chi connectivity index (χ0v) is 13.0. The number of hydrogen-bond acceptors (Lipinski definition) is 5. The molecule has 0 spiro atoms. The molecule has 2 N–H and O–H groups in total. The molecule has 1 aromatic rings. The molecule has 114 valence electrons. The van der Waals surface area contributed by atoms with E-state index in [-0.39, 0.29) is 17.3 Å². The highest BCUT2D eigenvalue weighted by molar-refractivity contribution is 7.89. The molecular formula is C13H22N2O4S. The van der Waals surface area contributed by atoms with Gasteiger partial charge in [0.25, 0.3) is 0 Å². The van der Waals surface area contributed by atoms with Gasteiger partial charge < -0.3 is 9.63 Å². The Labute approximate surface area is 119 Å². The van der Waals surface area contributed by atoms with E-state index in [1.807, 2.05) is 0 Å². The normalized spacial score (nSPS) is 27.7. The standard InChI is InChI=1S/C13H22N2O4S/c1-9-5-4-6-13(7-9,8-16)15-20(17,18)12-10(2)14-19-11(12)3/h9,15-16H,4-8H2,1-3H3. The van der Waals surface area contributed by atoms with E-state index in [1.54, 1.807) is 13.8 Å². The zero-order valence-electron chi connectivity index (χ0n) is 12.1. The second-order valence-electron chi connectivity index (χ2n) is 5.90. The predicted molar refractivity (Wildman–Crippen MR) is 73.7 cm³/mol. The van der Waals surface area contributed by atoms with E-state index in [9.17, 15) is 13.5 Å². The number of aryl methyl sites for hydroxylation is 2. The molecule has 0 aromatic carbocycles. The van der Waals surface area contributed by atoms with Crippen LogP contribution in [0.4, 0.5) is 0 Å². The molecule has 0 bridgehead atoms. The average molecular weight is 302 g/mol. The van der Waals surface area contributed by atoms with Gasteiger partial charge in [0.05, 0.1) is 12.1 Å². The number of aromatic nitrogens is 1. The van der Waals surface area contributed by atoms with Crippen LogP contribution in [0.5, 0.6) is 0 Å². The Morgan fingerprint density at radius 2 is 2.20 bits per heavy atom. The number of aliphatic hydroxyl groups excluding tert-OH is 1. The molecule has 7 heteroatoms. The number of sulfonamides is 1. The van der Waals surface area contributed by atoms with Crippen LogP contribution >= 0.6 is 0 Å². The summed E-state index contributed by atoms with van der Waals surface area (Å²) in [5, 5.41) is 13.4. The van der Waals surface area contributed by atoms with E-state index < -0.39 is 15.6 Å². The third kappa shape index (κ3) is 2.89. The van der Waals surface area contributed by atoms with E-state index in [1.165, 1.54) is 0 Å². The van der Waals surface area contributed by atoms with Gasteiger partial charge in [-0.05, 0) is 32.6 Å². The lowest BCUT2D eigenvalue weighted by molar-refractivity contribution is 0.119.